The van der Waals surface area contributed by atoms with Crippen molar-refractivity contribution in [1.29, 1.82) is 0 Å². The summed E-state index contributed by atoms with van der Waals surface area (Å²) in [5.41, 5.74) is 0. The second-order valence-electron chi connectivity index (χ2n) is 3.97. The molecule has 0 radical (unpaired) electrons. The van der Waals surface area contributed by atoms with Gasteiger partial charge in [-0.25, -0.2) is 0 Å². The van der Waals surface area contributed by atoms with Gasteiger partial charge < -0.3 is 5.11 Å². The lowest BCUT2D eigenvalue weighted by Crippen LogP contribution is -2.28. The zero-order valence-electron chi connectivity index (χ0n) is 8.48. The van der Waals surface area contributed by atoms with E-state index in [9.17, 15) is 9.59 Å². The molecule has 0 spiro atoms. The van der Waals surface area contributed by atoms with Crippen LogP contribution < -0.4 is 0 Å². The Kier molecular flexibility index (Phi) is 3.30. The van der Waals surface area contributed by atoms with Crippen molar-refractivity contribution < 1.29 is 14.7 Å². The first-order valence-corrected chi connectivity index (χ1v) is 6.27. The van der Waals surface area contributed by atoms with Gasteiger partial charge in [0.05, 0.1) is 10.3 Å². The lowest BCUT2D eigenvalue weighted by atomic mass is 9.78. The molecule has 16 heavy (non-hydrogen) atoms. The molecule has 5 heteroatoms. The quantitative estimate of drug-likeness (QED) is 0.887. The summed E-state index contributed by atoms with van der Waals surface area (Å²) in [6.45, 7) is 0. The van der Waals surface area contributed by atoms with E-state index in [0.717, 1.165) is 4.88 Å². The number of aliphatic carboxylic acids is 1. The van der Waals surface area contributed by atoms with Crippen molar-refractivity contribution in [1.82, 2.24) is 0 Å². The van der Waals surface area contributed by atoms with Gasteiger partial charge in [-0.05, 0) is 18.6 Å². The van der Waals surface area contributed by atoms with Gasteiger partial charge in [0, 0.05) is 23.6 Å². The molecule has 0 saturated heterocycles. The van der Waals surface area contributed by atoms with Crippen LogP contribution in [0.5, 0.6) is 0 Å². The molecule has 2 unspecified atom stereocenters. The van der Waals surface area contributed by atoms with Crippen LogP contribution in [0.4, 0.5) is 0 Å². The Hall–Kier alpha value is -0.870. The number of hydrogen-bond acceptors (Lipinski definition) is 3. The number of carboxylic acids is 1. The fourth-order valence-corrected chi connectivity index (χ4v) is 3.36. The van der Waals surface area contributed by atoms with Crippen molar-refractivity contribution in [2.24, 2.45) is 5.92 Å². The average molecular weight is 259 g/mol. The molecular formula is C11H11ClO3S. The SMILES string of the molecule is O=C1CCC(C(=O)O)C(c2ccc(Cl)s2)C1. The number of halogens is 1. The summed E-state index contributed by atoms with van der Waals surface area (Å²) in [5.74, 6) is -1.32. The first kappa shape index (κ1) is 11.6. The second kappa shape index (κ2) is 4.55. The van der Waals surface area contributed by atoms with Gasteiger partial charge in [-0.1, -0.05) is 11.6 Å². The van der Waals surface area contributed by atoms with Crippen LogP contribution in [0.2, 0.25) is 4.34 Å². The van der Waals surface area contributed by atoms with Crippen molar-refractivity contribution in [3.8, 4) is 0 Å². The highest BCUT2D eigenvalue weighted by atomic mass is 35.5. The van der Waals surface area contributed by atoms with Crippen LogP contribution in [0.1, 0.15) is 30.1 Å². The minimum absolute atomic E-state index is 0.145. The summed E-state index contributed by atoms with van der Waals surface area (Å²) < 4.78 is 0.636. The Labute approximate surface area is 102 Å². The molecular weight excluding hydrogens is 248 g/mol. The van der Waals surface area contributed by atoms with Crippen LogP contribution in [0.15, 0.2) is 12.1 Å². The number of carboxylic acid groups (broad SMARTS) is 1. The van der Waals surface area contributed by atoms with E-state index in [1.807, 2.05) is 6.07 Å². The van der Waals surface area contributed by atoms with Crippen LogP contribution in [0, 0.1) is 5.92 Å². The van der Waals surface area contributed by atoms with Gasteiger partial charge in [-0.15, -0.1) is 11.3 Å². The summed E-state index contributed by atoms with van der Waals surface area (Å²) in [4.78, 5) is 23.4. The predicted molar refractivity (Wildman–Crippen MR) is 62.1 cm³/mol. The van der Waals surface area contributed by atoms with E-state index >= 15 is 0 Å². The topological polar surface area (TPSA) is 54.4 Å². The van der Waals surface area contributed by atoms with Gasteiger partial charge in [0.15, 0.2) is 0 Å². The molecule has 1 aromatic rings. The Morgan fingerprint density at radius 3 is 2.81 bits per heavy atom. The molecule has 1 aliphatic carbocycles. The molecule has 1 saturated carbocycles. The monoisotopic (exact) mass is 258 g/mol. The van der Waals surface area contributed by atoms with Gasteiger partial charge in [-0.3, -0.25) is 9.59 Å². The van der Waals surface area contributed by atoms with E-state index < -0.39 is 11.9 Å². The fraction of sp³-hybridized carbons (Fsp3) is 0.455. The number of thiophene rings is 1. The lowest BCUT2D eigenvalue weighted by molar-refractivity contribution is -0.144. The van der Waals surface area contributed by atoms with Crippen LogP contribution in [-0.4, -0.2) is 16.9 Å². The second-order valence-corrected chi connectivity index (χ2v) is 5.72. The summed E-state index contributed by atoms with van der Waals surface area (Å²) in [6.07, 6.45) is 1.15. The Morgan fingerprint density at radius 2 is 2.25 bits per heavy atom. The molecule has 1 aromatic heterocycles. The standard InChI is InChI=1S/C11H11ClO3S/c12-10-4-3-9(16-10)8-5-6(13)1-2-7(8)11(14)15/h3-4,7-8H,1-2,5H2,(H,14,15). The normalized spacial score (nSPS) is 25.7. The molecule has 1 N–H and O–H groups in total. The largest absolute Gasteiger partial charge is 0.481 e. The highest BCUT2D eigenvalue weighted by molar-refractivity contribution is 7.16. The first-order valence-electron chi connectivity index (χ1n) is 5.07. The van der Waals surface area contributed by atoms with Crippen LogP contribution in [0.25, 0.3) is 0 Å². The smallest absolute Gasteiger partial charge is 0.307 e. The molecule has 0 amide bonds. The summed E-state index contributed by atoms with van der Waals surface area (Å²) in [6, 6.07) is 3.58. The summed E-state index contributed by atoms with van der Waals surface area (Å²) in [7, 11) is 0. The van der Waals surface area contributed by atoms with Crippen LogP contribution in [0.3, 0.4) is 0 Å². The molecule has 86 valence electrons. The maximum absolute atomic E-state index is 11.4. The Bertz CT molecular complexity index is 427. The van der Waals surface area contributed by atoms with Crippen molar-refractivity contribution in [3.05, 3.63) is 21.3 Å². The van der Waals surface area contributed by atoms with Crippen LogP contribution >= 0.6 is 22.9 Å². The molecule has 2 rings (SSSR count). The van der Waals surface area contributed by atoms with Crippen molar-refractivity contribution in [2.45, 2.75) is 25.2 Å². The third-order valence-corrected chi connectivity index (χ3v) is 4.31. The maximum Gasteiger partial charge on any atom is 0.307 e. The van der Waals surface area contributed by atoms with Gasteiger partial charge in [0.25, 0.3) is 0 Å². The number of carbonyl (C=O) groups excluding carboxylic acids is 1. The highest BCUT2D eigenvalue weighted by Crippen LogP contribution is 2.40. The van der Waals surface area contributed by atoms with E-state index in [1.165, 1.54) is 11.3 Å². The molecule has 2 atom stereocenters. The highest BCUT2D eigenvalue weighted by Gasteiger charge is 2.35. The van der Waals surface area contributed by atoms with Gasteiger partial charge in [-0.2, -0.15) is 0 Å². The lowest BCUT2D eigenvalue weighted by Gasteiger charge is -2.26. The van der Waals surface area contributed by atoms with Crippen LogP contribution in [-0.2, 0) is 9.59 Å². The van der Waals surface area contributed by atoms with E-state index in [0.29, 0.717) is 23.6 Å². The molecule has 1 aliphatic rings. The predicted octanol–water partition coefficient (Wildman–Crippen LogP) is 2.94. The minimum Gasteiger partial charge on any atom is -0.481 e. The Balaban J connectivity index is 2.27. The van der Waals surface area contributed by atoms with Crippen molar-refractivity contribution >= 4 is 34.7 Å². The van der Waals surface area contributed by atoms with E-state index in [-0.39, 0.29) is 11.7 Å². The molecule has 1 heterocycles. The number of rotatable bonds is 2. The van der Waals surface area contributed by atoms with Gasteiger partial charge in [0.1, 0.15) is 5.78 Å². The summed E-state index contributed by atoms with van der Waals surface area (Å²) in [5, 5.41) is 9.12. The maximum atomic E-state index is 11.4. The zero-order valence-corrected chi connectivity index (χ0v) is 10.1. The third kappa shape index (κ3) is 2.28. The third-order valence-electron chi connectivity index (χ3n) is 2.94. The molecule has 0 aromatic carbocycles. The number of carbonyl (C=O) groups is 2. The van der Waals surface area contributed by atoms with Gasteiger partial charge >= 0.3 is 5.97 Å². The minimum atomic E-state index is -0.818. The molecule has 3 nitrogen and oxygen atoms in total. The fourth-order valence-electron chi connectivity index (χ4n) is 2.13. The van der Waals surface area contributed by atoms with E-state index in [1.54, 1.807) is 6.07 Å². The Morgan fingerprint density at radius 1 is 1.50 bits per heavy atom. The molecule has 0 bridgehead atoms. The summed E-state index contributed by atoms with van der Waals surface area (Å²) >= 11 is 7.20. The zero-order chi connectivity index (χ0) is 11.7. The number of ketones is 1. The molecule has 1 fully saturated rings. The average Bonchev–Trinajstić information content (AvgIpc) is 2.64. The molecule has 0 aliphatic heterocycles. The van der Waals surface area contributed by atoms with Crippen molar-refractivity contribution in [2.75, 3.05) is 0 Å². The number of hydrogen-bond donors (Lipinski definition) is 1. The van der Waals surface area contributed by atoms with Crippen molar-refractivity contribution in [3.63, 3.8) is 0 Å². The van der Waals surface area contributed by atoms with E-state index in [4.69, 9.17) is 16.7 Å². The van der Waals surface area contributed by atoms with E-state index in [2.05, 4.69) is 0 Å². The van der Waals surface area contributed by atoms with Gasteiger partial charge in [0.2, 0.25) is 0 Å². The number of Topliss-reactive ketones (excluding diaryl/α,β-unsaturated/α-hetero) is 1. The first-order chi connectivity index (χ1) is 7.58.